The summed E-state index contributed by atoms with van der Waals surface area (Å²) in [7, 11) is 0. The van der Waals surface area contributed by atoms with Crippen LogP contribution in [0.3, 0.4) is 0 Å². The van der Waals surface area contributed by atoms with Gasteiger partial charge in [0.2, 0.25) is 0 Å². The number of aryl methyl sites for hydroxylation is 1. The maximum atomic E-state index is 5.68. The van der Waals surface area contributed by atoms with E-state index in [0.29, 0.717) is 16.9 Å². The van der Waals surface area contributed by atoms with Gasteiger partial charge in [-0.05, 0) is 32.1 Å². The van der Waals surface area contributed by atoms with Crippen LogP contribution in [0.5, 0.6) is 0 Å². The molecule has 1 fully saturated rings. The number of nitrogen functional groups attached to an aromatic ring is 1. The number of hydrogen-bond acceptors (Lipinski definition) is 6. The Bertz CT molecular complexity index is 562. The standard InChI is InChI=1S/C12H16N4OS/c1-6-3-4-8(5-6)10-15-11(17-16-10)9-7(2)14-12(13)18-9/h6,8H,3-5H2,1-2H3,(H2,13,14). The minimum atomic E-state index is 0.447. The van der Waals surface area contributed by atoms with Gasteiger partial charge in [0.15, 0.2) is 11.0 Å². The fraction of sp³-hybridized carbons (Fsp3) is 0.583. The Kier molecular flexibility index (Phi) is 2.81. The maximum Gasteiger partial charge on any atom is 0.270 e. The number of nitrogens with zero attached hydrogens (tertiary/aromatic N) is 3. The topological polar surface area (TPSA) is 77.8 Å². The summed E-state index contributed by atoms with van der Waals surface area (Å²) in [6.07, 6.45) is 3.56. The Hall–Kier alpha value is -1.43. The number of anilines is 1. The van der Waals surface area contributed by atoms with Gasteiger partial charge in [-0.3, -0.25) is 0 Å². The van der Waals surface area contributed by atoms with E-state index in [9.17, 15) is 0 Å². The minimum absolute atomic E-state index is 0.447. The van der Waals surface area contributed by atoms with E-state index in [2.05, 4.69) is 22.0 Å². The lowest BCUT2D eigenvalue weighted by atomic mass is 10.1. The van der Waals surface area contributed by atoms with Crippen LogP contribution in [-0.2, 0) is 0 Å². The van der Waals surface area contributed by atoms with Crippen molar-refractivity contribution >= 4 is 16.5 Å². The maximum absolute atomic E-state index is 5.68. The predicted molar refractivity (Wildman–Crippen MR) is 70.3 cm³/mol. The highest BCUT2D eigenvalue weighted by atomic mass is 32.1. The Morgan fingerprint density at radius 2 is 2.17 bits per heavy atom. The lowest BCUT2D eigenvalue weighted by molar-refractivity contribution is 0.415. The lowest BCUT2D eigenvalue weighted by Crippen LogP contribution is -1.96. The number of aromatic nitrogens is 3. The molecule has 0 saturated heterocycles. The molecule has 2 unspecified atom stereocenters. The molecule has 3 rings (SSSR count). The van der Waals surface area contributed by atoms with E-state index in [4.69, 9.17) is 10.3 Å². The van der Waals surface area contributed by atoms with Gasteiger partial charge in [-0.2, -0.15) is 4.98 Å². The van der Waals surface area contributed by atoms with Crippen LogP contribution in [0.1, 0.15) is 43.6 Å². The van der Waals surface area contributed by atoms with Crippen molar-refractivity contribution in [1.82, 2.24) is 15.1 Å². The van der Waals surface area contributed by atoms with Crippen molar-refractivity contribution in [3.05, 3.63) is 11.5 Å². The zero-order valence-electron chi connectivity index (χ0n) is 10.5. The zero-order valence-corrected chi connectivity index (χ0v) is 11.3. The van der Waals surface area contributed by atoms with E-state index in [1.165, 1.54) is 17.8 Å². The number of thiazole rings is 1. The van der Waals surface area contributed by atoms with Crippen molar-refractivity contribution in [3.63, 3.8) is 0 Å². The van der Waals surface area contributed by atoms with E-state index in [1.807, 2.05) is 6.92 Å². The third-order valence-electron chi connectivity index (χ3n) is 3.51. The van der Waals surface area contributed by atoms with E-state index < -0.39 is 0 Å². The van der Waals surface area contributed by atoms with E-state index in [1.54, 1.807) is 0 Å². The first-order valence-corrected chi connectivity index (χ1v) is 7.02. The van der Waals surface area contributed by atoms with Gasteiger partial charge in [-0.15, -0.1) is 0 Å². The summed E-state index contributed by atoms with van der Waals surface area (Å²) in [4.78, 5) is 9.57. The molecule has 1 aliphatic carbocycles. The molecule has 0 bridgehead atoms. The van der Waals surface area contributed by atoms with Crippen molar-refractivity contribution in [2.24, 2.45) is 5.92 Å². The Morgan fingerprint density at radius 1 is 1.33 bits per heavy atom. The molecule has 0 amide bonds. The quantitative estimate of drug-likeness (QED) is 0.902. The molecule has 2 heterocycles. The van der Waals surface area contributed by atoms with E-state index >= 15 is 0 Å². The van der Waals surface area contributed by atoms with Gasteiger partial charge in [0, 0.05) is 5.92 Å². The van der Waals surface area contributed by atoms with E-state index in [-0.39, 0.29) is 0 Å². The van der Waals surface area contributed by atoms with Crippen LogP contribution < -0.4 is 5.73 Å². The van der Waals surface area contributed by atoms with Crippen LogP contribution in [0.15, 0.2) is 4.52 Å². The molecule has 1 saturated carbocycles. The van der Waals surface area contributed by atoms with E-state index in [0.717, 1.165) is 35.2 Å². The third kappa shape index (κ3) is 2.01. The molecule has 6 heteroatoms. The molecular formula is C12H16N4OS. The highest BCUT2D eigenvalue weighted by molar-refractivity contribution is 7.18. The summed E-state index contributed by atoms with van der Waals surface area (Å²) >= 11 is 1.39. The normalized spacial score (nSPS) is 23.7. The molecule has 0 spiro atoms. The summed E-state index contributed by atoms with van der Waals surface area (Å²) in [6, 6.07) is 0. The molecule has 5 nitrogen and oxygen atoms in total. The second kappa shape index (κ2) is 4.35. The largest absolute Gasteiger partial charge is 0.375 e. The average molecular weight is 264 g/mol. The fourth-order valence-corrected chi connectivity index (χ4v) is 3.31. The summed E-state index contributed by atoms with van der Waals surface area (Å²) in [5, 5.41) is 4.65. The van der Waals surface area contributed by atoms with Crippen LogP contribution in [-0.4, -0.2) is 15.1 Å². The SMILES string of the molecule is Cc1nc(N)sc1-c1nc(C2CCC(C)C2)no1. The van der Waals surface area contributed by atoms with Crippen LogP contribution in [0.2, 0.25) is 0 Å². The average Bonchev–Trinajstić information content (AvgIpc) is 2.98. The molecule has 2 aromatic heterocycles. The zero-order chi connectivity index (χ0) is 12.7. The summed E-state index contributed by atoms with van der Waals surface area (Å²) in [5.74, 6) is 2.60. The highest BCUT2D eigenvalue weighted by Gasteiger charge is 2.27. The van der Waals surface area contributed by atoms with Crippen LogP contribution >= 0.6 is 11.3 Å². The van der Waals surface area contributed by atoms with Crippen molar-refractivity contribution < 1.29 is 4.52 Å². The number of hydrogen-bond donors (Lipinski definition) is 1. The van der Waals surface area contributed by atoms with Crippen LogP contribution in [0, 0.1) is 12.8 Å². The van der Waals surface area contributed by atoms with Gasteiger partial charge < -0.3 is 10.3 Å². The Balaban J connectivity index is 1.87. The Labute approximate surface area is 109 Å². The Morgan fingerprint density at radius 3 is 2.78 bits per heavy atom. The van der Waals surface area contributed by atoms with Crippen molar-refractivity contribution in [3.8, 4) is 10.8 Å². The third-order valence-corrected chi connectivity index (χ3v) is 4.48. The molecule has 0 aromatic carbocycles. The highest BCUT2D eigenvalue weighted by Crippen LogP contribution is 2.38. The molecule has 96 valence electrons. The molecule has 2 atom stereocenters. The minimum Gasteiger partial charge on any atom is -0.375 e. The van der Waals surface area contributed by atoms with Gasteiger partial charge in [0.05, 0.1) is 5.69 Å². The van der Waals surface area contributed by atoms with Gasteiger partial charge >= 0.3 is 0 Å². The van der Waals surface area contributed by atoms with Crippen LogP contribution in [0.25, 0.3) is 10.8 Å². The van der Waals surface area contributed by atoms with Crippen molar-refractivity contribution in [2.75, 3.05) is 5.73 Å². The number of rotatable bonds is 2. The molecule has 2 N–H and O–H groups in total. The van der Waals surface area contributed by atoms with Gasteiger partial charge in [0.1, 0.15) is 4.88 Å². The van der Waals surface area contributed by atoms with Gasteiger partial charge in [0.25, 0.3) is 5.89 Å². The molecular weight excluding hydrogens is 248 g/mol. The second-order valence-electron chi connectivity index (χ2n) is 5.04. The summed E-state index contributed by atoms with van der Waals surface area (Å²) in [6.45, 7) is 4.18. The number of nitrogens with two attached hydrogens (primary N) is 1. The molecule has 18 heavy (non-hydrogen) atoms. The molecule has 1 aliphatic rings. The van der Waals surface area contributed by atoms with Crippen molar-refractivity contribution in [1.29, 1.82) is 0 Å². The first-order chi connectivity index (χ1) is 8.63. The molecule has 0 radical (unpaired) electrons. The monoisotopic (exact) mass is 264 g/mol. The molecule has 0 aliphatic heterocycles. The molecule has 2 aromatic rings. The first-order valence-electron chi connectivity index (χ1n) is 6.20. The predicted octanol–water partition coefficient (Wildman–Crippen LogP) is 2.99. The van der Waals surface area contributed by atoms with Crippen molar-refractivity contribution in [2.45, 2.75) is 39.0 Å². The first kappa shape index (κ1) is 11.6. The van der Waals surface area contributed by atoms with Crippen LogP contribution in [0.4, 0.5) is 5.13 Å². The summed E-state index contributed by atoms with van der Waals surface area (Å²) in [5.41, 5.74) is 6.54. The second-order valence-corrected chi connectivity index (χ2v) is 6.07. The summed E-state index contributed by atoms with van der Waals surface area (Å²) < 4.78 is 5.35. The van der Waals surface area contributed by atoms with Gasteiger partial charge in [-0.25, -0.2) is 4.98 Å². The fourth-order valence-electron chi connectivity index (χ4n) is 2.55. The lowest BCUT2D eigenvalue weighted by Gasteiger charge is -2.01. The van der Waals surface area contributed by atoms with Gasteiger partial charge in [-0.1, -0.05) is 23.4 Å². The smallest absolute Gasteiger partial charge is 0.270 e.